The summed E-state index contributed by atoms with van der Waals surface area (Å²) in [6, 6.07) is 6.35. The summed E-state index contributed by atoms with van der Waals surface area (Å²) in [6.45, 7) is 0.373. The van der Waals surface area contributed by atoms with Gasteiger partial charge in [-0.25, -0.2) is 13.4 Å². The Morgan fingerprint density at radius 1 is 1.17 bits per heavy atom. The van der Waals surface area contributed by atoms with Gasteiger partial charge in [-0.05, 0) is 17.7 Å². The molecule has 1 aromatic heterocycles. The molecule has 0 atom stereocenters. The van der Waals surface area contributed by atoms with Crippen molar-refractivity contribution in [2.45, 2.75) is 11.4 Å². The molecule has 0 radical (unpaired) electrons. The molecule has 1 heterocycles. The predicted molar refractivity (Wildman–Crippen MR) is 67.2 cm³/mol. The van der Waals surface area contributed by atoms with E-state index in [0.29, 0.717) is 6.54 Å². The molecule has 0 saturated carbocycles. The van der Waals surface area contributed by atoms with Crippen molar-refractivity contribution in [3.8, 4) is 0 Å². The van der Waals surface area contributed by atoms with E-state index in [4.69, 9.17) is 5.73 Å². The maximum Gasteiger partial charge on any atom is 0.263 e. The molecule has 18 heavy (non-hydrogen) atoms. The minimum atomic E-state index is -3.63. The number of benzene rings is 1. The van der Waals surface area contributed by atoms with Crippen LogP contribution in [0.2, 0.25) is 0 Å². The predicted octanol–water partition coefficient (Wildman–Crippen LogP) is 0.736. The van der Waals surface area contributed by atoms with Crippen molar-refractivity contribution >= 4 is 15.8 Å². The molecule has 3 N–H and O–H groups in total. The summed E-state index contributed by atoms with van der Waals surface area (Å²) in [7, 11) is -3.63. The van der Waals surface area contributed by atoms with Gasteiger partial charge in [0.05, 0.1) is 11.1 Å². The Morgan fingerprint density at radius 2 is 1.89 bits per heavy atom. The van der Waals surface area contributed by atoms with Crippen LogP contribution in [-0.4, -0.2) is 18.4 Å². The van der Waals surface area contributed by atoms with E-state index in [9.17, 15) is 8.42 Å². The summed E-state index contributed by atoms with van der Waals surface area (Å²) in [5.41, 5.74) is 6.32. The average Bonchev–Trinajstić information content (AvgIpc) is 2.39. The third-order valence-corrected chi connectivity index (χ3v) is 3.64. The molecule has 0 unspecified atom stereocenters. The van der Waals surface area contributed by atoms with Gasteiger partial charge < -0.3 is 5.73 Å². The van der Waals surface area contributed by atoms with Crippen LogP contribution in [0.25, 0.3) is 0 Å². The van der Waals surface area contributed by atoms with Gasteiger partial charge in [-0.15, -0.1) is 0 Å². The van der Waals surface area contributed by atoms with Crippen LogP contribution >= 0.6 is 0 Å². The van der Waals surface area contributed by atoms with Gasteiger partial charge in [0, 0.05) is 18.9 Å². The zero-order valence-electron chi connectivity index (χ0n) is 9.45. The van der Waals surface area contributed by atoms with Crippen LogP contribution < -0.4 is 10.5 Å². The minimum absolute atomic E-state index is 0.158. The standard InChI is InChI=1S/C11H12N4O2S/c12-7-9-1-3-10(4-2-9)18(16,17)15-11-8-13-5-6-14-11/h1-6,8H,7,12H2,(H,14,15). The number of nitrogens with zero attached hydrogens (tertiary/aromatic N) is 2. The molecule has 0 aliphatic carbocycles. The second-order valence-electron chi connectivity index (χ2n) is 3.54. The molecule has 0 aliphatic heterocycles. The second kappa shape index (κ2) is 5.11. The topological polar surface area (TPSA) is 98.0 Å². The van der Waals surface area contributed by atoms with Crippen molar-refractivity contribution < 1.29 is 8.42 Å². The first kappa shape index (κ1) is 12.5. The number of hydrogen-bond donors (Lipinski definition) is 2. The van der Waals surface area contributed by atoms with Crippen molar-refractivity contribution in [1.29, 1.82) is 0 Å². The van der Waals surface area contributed by atoms with Crippen LogP contribution in [0.1, 0.15) is 5.56 Å². The summed E-state index contributed by atoms with van der Waals surface area (Å²) in [6.07, 6.45) is 4.22. The first-order valence-corrected chi connectivity index (χ1v) is 6.68. The van der Waals surface area contributed by atoms with Crippen LogP contribution in [0, 0.1) is 0 Å². The lowest BCUT2D eigenvalue weighted by atomic mass is 10.2. The van der Waals surface area contributed by atoms with Gasteiger partial charge >= 0.3 is 0 Å². The van der Waals surface area contributed by atoms with Crippen LogP contribution in [0.3, 0.4) is 0 Å². The summed E-state index contributed by atoms with van der Waals surface area (Å²) in [5, 5.41) is 0. The number of hydrogen-bond acceptors (Lipinski definition) is 5. The van der Waals surface area contributed by atoms with Crippen LogP contribution in [-0.2, 0) is 16.6 Å². The summed E-state index contributed by atoms with van der Waals surface area (Å²) in [4.78, 5) is 7.79. The number of anilines is 1. The molecule has 0 amide bonds. The molecule has 0 aliphatic rings. The molecule has 2 rings (SSSR count). The fourth-order valence-electron chi connectivity index (χ4n) is 1.35. The van der Waals surface area contributed by atoms with Gasteiger partial charge in [-0.2, -0.15) is 0 Å². The first-order chi connectivity index (χ1) is 8.62. The monoisotopic (exact) mass is 264 g/mol. The van der Waals surface area contributed by atoms with E-state index >= 15 is 0 Å². The third kappa shape index (κ3) is 2.82. The zero-order valence-corrected chi connectivity index (χ0v) is 10.3. The normalized spacial score (nSPS) is 11.2. The molecule has 0 fully saturated rings. The van der Waals surface area contributed by atoms with Gasteiger partial charge in [0.2, 0.25) is 0 Å². The maximum absolute atomic E-state index is 12.0. The fraction of sp³-hybridized carbons (Fsp3) is 0.0909. The van der Waals surface area contributed by atoms with Crippen molar-refractivity contribution in [3.63, 3.8) is 0 Å². The second-order valence-corrected chi connectivity index (χ2v) is 5.23. The summed E-state index contributed by atoms with van der Waals surface area (Å²) in [5.74, 6) is 0.181. The van der Waals surface area contributed by atoms with Gasteiger partial charge in [0.25, 0.3) is 10.0 Å². The van der Waals surface area contributed by atoms with E-state index < -0.39 is 10.0 Å². The van der Waals surface area contributed by atoms with E-state index in [1.165, 1.54) is 30.7 Å². The quantitative estimate of drug-likeness (QED) is 0.848. The summed E-state index contributed by atoms with van der Waals surface area (Å²) < 4.78 is 26.3. The summed E-state index contributed by atoms with van der Waals surface area (Å²) >= 11 is 0. The van der Waals surface area contributed by atoms with Crippen LogP contribution in [0.5, 0.6) is 0 Å². The van der Waals surface area contributed by atoms with E-state index in [1.807, 2.05) is 0 Å². The van der Waals surface area contributed by atoms with Crippen LogP contribution in [0.15, 0.2) is 47.8 Å². The van der Waals surface area contributed by atoms with Crippen molar-refractivity contribution in [3.05, 3.63) is 48.4 Å². The molecule has 0 saturated heterocycles. The highest BCUT2D eigenvalue weighted by Crippen LogP contribution is 2.14. The highest BCUT2D eigenvalue weighted by Gasteiger charge is 2.14. The smallest absolute Gasteiger partial charge is 0.263 e. The lowest BCUT2D eigenvalue weighted by Gasteiger charge is -2.07. The molecule has 6 nitrogen and oxygen atoms in total. The molecule has 2 aromatic rings. The van der Waals surface area contributed by atoms with Crippen LogP contribution in [0.4, 0.5) is 5.82 Å². The Morgan fingerprint density at radius 3 is 2.44 bits per heavy atom. The fourth-order valence-corrected chi connectivity index (χ4v) is 2.35. The molecule has 1 aromatic carbocycles. The highest BCUT2D eigenvalue weighted by molar-refractivity contribution is 7.92. The lowest BCUT2D eigenvalue weighted by molar-refractivity contribution is 0.601. The molecular formula is C11H12N4O2S. The van der Waals surface area contributed by atoms with Gasteiger partial charge in [0.15, 0.2) is 5.82 Å². The van der Waals surface area contributed by atoms with Gasteiger partial charge in [-0.3, -0.25) is 9.71 Å². The maximum atomic E-state index is 12.0. The lowest BCUT2D eigenvalue weighted by Crippen LogP contribution is -2.14. The molecular weight excluding hydrogens is 252 g/mol. The van der Waals surface area contributed by atoms with Gasteiger partial charge in [-0.1, -0.05) is 12.1 Å². The number of nitrogens with two attached hydrogens (primary N) is 1. The Hall–Kier alpha value is -1.99. The number of aromatic nitrogens is 2. The number of nitrogens with one attached hydrogen (secondary N) is 1. The molecule has 0 bridgehead atoms. The number of rotatable bonds is 4. The average molecular weight is 264 g/mol. The Bertz CT molecular complexity index is 611. The SMILES string of the molecule is NCc1ccc(S(=O)(=O)Nc2cnccn2)cc1. The van der Waals surface area contributed by atoms with E-state index in [-0.39, 0.29) is 10.7 Å². The van der Waals surface area contributed by atoms with E-state index in [2.05, 4.69) is 14.7 Å². The molecule has 0 spiro atoms. The highest BCUT2D eigenvalue weighted by atomic mass is 32.2. The Kier molecular flexibility index (Phi) is 3.54. The van der Waals surface area contributed by atoms with Crippen molar-refractivity contribution in [2.24, 2.45) is 5.73 Å². The van der Waals surface area contributed by atoms with Crippen molar-refractivity contribution in [1.82, 2.24) is 9.97 Å². The third-order valence-electron chi connectivity index (χ3n) is 2.27. The molecule has 7 heteroatoms. The Balaban J connectivity index is 2.25. The number of sulfonamides is 1. The van der Waals surface area contributed by atoms with Gasteiger partial charge in [0.1, 0.15) is 0 Å². The molecule has 94 valence electrons. The Labute approximate surface area is 105 Å². The van der Waals surface area contributed by atoms with E-state index in [0.717, 1.165) is 5.56 Å². The largest absolute Gasteiger partial charge is 0.326 e. The van der Waals surface area contributed by atoms with Crippen molar-refractivity contribution in [2.75, 3.05) is 4.72 Å². The minimum Gasteiger partial charge on any atom is -0.326 e. The first-order valence-electron chi connectivity index (χ1n) is 5.19. The van der Waals surface area contributed by atoms with E-state index in [1.54, 1.807) is 12.1 Å². The zero-order chi connectivity index (χ0) is 13.0.